The quantitative estimate of drug-likeness (QED) is 0.552. The number of ether oxygens (including phenoxy) is 2. The van der Waals surface area contributed by atoms with Gasteiger partial charge in [0, 0.05) is 19.2 Å². The van der Waals surface area contributed by atoms with Crippen LogP contribution in [0.3, 0.4) is 0 Å². The average Bonchev–Trinajstić information content (AvgIpc) is 2.83. The second kappa shape index (κ2) is 10.7. The van der Waals surface area contributed by atoms with Gasteiger partial charge in [-0.15, -0.1) is 0 Å². The van der Waals surface area contributed by atoms with Gasteiger partial charge in [-0.1, -0.05) is 54.6 Å². The Morgan fingerprint density at radius 2 is 1.75 bits per heavy atom. The summed E-state index contributed by atoms with van der Waals surface area (Å²) in [4.78, 5) is 23.3. The van der Waals surface area contributed by atoms with Crippen LogP contribution in [0.2, 0.25) is 0 Å². The molecule has 0 unspecified atom stereocenters. The summed E-state index contributed by atoms with van der Waals surface area (Å²) in [5.74, 6) is 1.99. The van der Waals surface area contributed by atoms with Crippen LogP contribution in [0.1, 0.15) is 11.4 Å². The van der Waals surface area contributed by atoms with Gasteiger partial charge in [0.2, 0.25) is 11.8 Å². The fourth-order valence-electron chi connectivity index (χ4n) is 3.59. The van der Waals surface area contributed by atoms with E-state index in [0.29, 0.717) is 44.5 Å². The first-order valence-electron chi connectivity index (χ1n) is 10.9. The molecule has 0 radical (unpaired) electrons. The van der Waals surface area contributed by atoms with Crippen molar-refractivity contribution in [3.63, 3.8) is 0 Å². The van der Waals surface area contributed by atoms with Crippen LogP contribution in [0.5, 0.6) is 5.88 Å². The summed E-state index contributed by atoms with van der Waals surface area (Å²) in [7, 11) is 0. The summed E-state index contributed by atoms with van der Waals surface area (Å²) in [5, 5.41) is 2.91. The molecule has 1 fully saturated rings. The molecule has 1 aliphatic rings. The molecule has 4 rings (SSSR count). The highest BCUT2D eigenvalue weighted by atomic mass is 16.5. The highest BCUT2D eigenvalue weighted by Crippen LogP contribution is 2.20. The molecule has 1 amide bonds. The maximum atomic E-state index is 12.3. The minimum absolute atomic E-state index is 0.0334. The van der Waals surface area contributed by atoms with E-state index < -0.39 is 0 Å². The molecule has 3 aromatic rings. The molecule has 32 heavy (non-hydrogen) atoms. The number of morpholine rings is 1. The molecule has 0 spiro atoms. The number of amides is 1. The van der Waals surface area contributed by atoms with Gasteiger partial charge in [0.1, 0.15) is 18.2 Å². The fraction of sp³-hybridized carbons (Fsp3) is 0.320. The van der Waals surface area contributed by atoms with Gasteiger partial charge in [-0.2, -0.15) is 4.98 Å². The third-order valence-corrected chi connectivity index (χ3v) is 5.24. The summed E-state index contributed by atoms with van der Waals surface area (Å²) >= 11 is 0. The Hall–Kier alpha value is -3.45. The van der Waals surface area contributed by atoms with Crippen molar-refractivity contribution in [3.8, 4) is 17.0 Å². The lowest BCUT2D eigenvalue weighted by Gasteiger charge is -2.28. The first-order valence-corrected chi connectivity index (χ1v) is 10.9. The highest BCUT2D eigenvalue weighted by Gasteiger charge is 2.14. The third-order valence-electron chi connectivity index (χ3n) is 5.24. The molecule has 7 nitrogen and oxygen atoms in total. The van der Waals surface area contributed by atoms with E-state index in [1.807, 2.05) is 55.5 Å². The number of nitrogens with zero attached hydrogens (tertiary/aromatic N) is 3. The Balaban J connectivity index is 1.23. The van der Waals surface area contributed by atoms with E-state index in [1.165, 1.54) is 0 Å². The molecule has 1 aliphatic heterocycles. The van der Waals surface area contributed by atoms with E-state index in [-0.39, 0.29) is 5.91 Å². The van der Waals surface area contributed by atoms with Gasteiger partial charge in [-0.05, 0) is 23.6 Å². The second-order valence-corrected chi connectivity index (χ2v) is 7.65. The first kappa shape index (κ1) is 21.8. The van der Waals surface area contributed by atoms with Gasteiger partial charge in [0.25, 0.3) is 0 Å². The largest absolute Gasteiger partial charge is 0.476 e. The lowest BCUT2D eigenvalue weighted by molar-refractivity contribution is -0.120. The Morgan fingerprint density at radius 3 is 2.50 bits per heavy atom. The van der Waals surface area contributed by atoms with Gasteiger partial charge in [0.15, 0.2) is 0 Å². The number of carbonyl (C=O) groups excluding carboxylic acids is 1. The standard InChI is InChI=1S/C25H28N4O3/c1-19-27-23(29-12-15-31-16-13-29)18-25(28-19)32-14-11-26-24(30)17-20-7-9-22(10-8-20)21-5-3-2-4-6-21/h2-10,18H,11-17H2,1H3,(H,26,30). The number of hydrogen-bond acceptors (Lipinski definition) is 6. The van der Waals surface area contributed by atoms with Crippen molar-refractivity contribution >= 4 is 11.7 Å². The number of carbonyl (C=O) groups is 1. The van der Waals surface area contributed by atoms with Crippen LogP contribution in [-0.4, -0.2) is 55.3 Å². The van der Waals surface area contributed by atoms with Crippen LogP contribution in [0.15, 0.2) is 60.7 Å². The van der Waals surface area contributed by atoms with Gasteiger partial charge >= 0.3 is 0 Å². The number of nitrogens with one attached hydrogen (secondary N) is 1. The van der Waals surface area contributed by atoms with E-state index in [2.05, 4.69) is 32.3 Å². The molecular weight excluding hydrogens is 404 g/mol. The summed E-state index contributed by atoms with van der Waals surface area (Å²) in [5.41, 5.74) is 3.28. The normalized spacial score (nSPS) is 13.6. The third kappa shape index (κ3) is 6.04. The van der Waals surface area contributed by atoms with Gasteiger partial charge in [0.05, 0.1) is 26.2 Å². The lowest BCUT2D eigenvalue weighted by atomic mass is 10.0. The van der Waals surface area contributed by atoms with Crippen LogP contribution in [0.25, 0.3) is 11.1 Å². The predicted molar refractivity (Wildman–Crippen MR) is 124 cm³/mol. The van der Waals surface area contributed by atoms with E-state index in [9.17, 15) is 4.79 Å². The van der Waals surface area contributed by atoms with Crippen molar-refractivity contribution in [3.05, 3.63) is 72.1 Å². The monoisotopic (exact) mass is 432 g/mol. The zero-order valence-electron chi connectivity index (χ0n) is 18.3. The van der Waals surface area contributed by atoms with E-state index in [4.69, 9.17) is 9.47 Å². The highest BCUT2D eigenvalue weighted by molar-refractivity contribution is 5.78. The Bertz CT molecular complexity index is 1020. The Kier molecular flexibility index (Phi) is 7.30. The fourth-order valence-corrected chi connectivity index (χ4v) is 3.59. The van der Waals surface area contributed by atoms with Crippen molar-refractivity contribution in [1.82, 2.24) is 15.3 Å². The molecule has 0 aliphatic carbocycles. The van der Waals surface area contributed by atoms with Crippen LogP contribution in [-0.2, 0) is 16.0 Å². The minimum Gasteiger partial charge on any atom is -0.476 e. The zero-order chi connectivity index (χ0) is 22.2. The molecule has 1 saturated heterocycles. The van der Waals surface area contributed by atoms with Gasteiger partial charge < -0.3 is 19.7 Å². The lowest BCUT2D eigenvalue weighted by Crippen LogP contribution is -2.37. The average molecular weight is 433 g/mol. The van der Waals surface area contributed by atoms with E-state index in [1.54, 1.807) is 0 Å². The van der Waals surface area contributed by atoms with Crippen molar-refractivity contribution < 1.29 is 14.3 Å². The summed E-state index contributed by atoms with van der Waals surface area (Å²) in [6.07, 6.45) is 0.336. The molecule has 2 heterocycles. The maximum Gasteiger partial charge on any atom is 0.224 e. The van der Waals surface area contributed by atoms with Crippen molar-refractivity contribution in [1.29, 1.82) is 0 Å². The van der Waals surface area contributed by atoms with Crippen LogP contribution in [0, 0.1) is 6.92 Å². The molecular formula is C25H28N4O3. The van der Waals surface area contributed by atoms with Gasteiger partial charge in [-0.3, -0.25) is 4.79 Å². The van der Waals surface area contributed by atoms with Crippen molar-refractivity contribution in [2.45, 2.75) is 13.3 Å². The van der Waals surface area contributed by atoms with Crippen LogP contribution >= 0.6 is 0 Å². The zero-order valence-corrected chi connectivity index (χ0v) is 18.3. The Labute approximate surface area is 188 Å². The van der Waals surface area contributed by atoms with E-state index >= 15 is 0 Å². The Morgan fingerprint density at radius 1 is 1.03 bits per heavy atom. The number of benzene rings is 2. The summed E-state index contributed by atoms with van der Waals surface area (Å²) < 4.78 is 11.2. The predicted octanol–water partition coefficient (Wildman–Crippen LogP) is 3.03. The maximum absolute atomic E-state index is 12.3. The summed E-state index contributed by atoms with van der Waals surface area (Å²) in [6.45, 7) is 5.60. The second-order valence-electron chi connectivity index (χ2n) is 7.65. The number of rotatable bonds is 8. The molecule has 1 N–H and O–H groups in total. The number of aryl methyl sites for hydroxylation is 1. The van der Waals surface area contributed by atoms with E-state index in [0.717, 1.165) is 35.6 Å². The van der Waals surface area contributed by atoms with Crippen molar-refractivity contribution in [2.75, 3.05) is 44.4 Å². The topological polar surface area (TPSA) is 76.6 Å². The number of anilines is 1. The minimum atomic E-state index is -0.0334. The molecule has 7 heteroatoms. The molecule has 166 valence electrons. The van der Waals surface area contributed by atoms with Gasteiger partial charge in [-0.25, -0.2) is 4.98 Å². The first-order chi connectivity index (χ1) is 15.7. The number of hydrogen-bond donors (Lipinski definition) is 1. The molecule has 0 bridgehead atoms. The molecule has 0 saturated carbocycles. The van der Waals surface area contributed by atoms with Crippen LogP contribution < -0.4 is 15.0 Å². The van der Waals surface area contributed by atoms with Crippen LogP contribution in [0.4, 0.5) is 5.82 Å². The molecule has 2 aromatic carbocycles. The number of aromatic nitrogens is 2. The molecule has 1 aromatic heterocycles. The SMILES string of the molecule is Cc1nc(OCCNC(=O)Cc2ccc(-c3ccccc3)cc2)cc(N2CCOCC2)n1. The van der Waals surface area contributed by atoms with Crippen molar-refractivity contribution in [2.24, 2.45) is 0 Å². The smallest absolute Gasteiger partial charge is 0.224 e. The molecule has 0 atom stereocenters. The summed E-state index contributed by atoms with van der Waals surface area (Å²) in [6, 6.07) is 20.1.